The van der Waals surface area contributed by atoms with Gasteiger partial charge in [0.05, 0.1) is 41.0 Å². The molecule has 49 heavy (non-hydrogen) atoms. The molecule has 0 heterocycles. The minimum atomic E-state index is -4.15. The fourth-order valence-electron chi connectivity index (χ4n) is 6.17. The zero-order valence-electron chi connectivity index (χ0n) is 32.9. The largest absolute Gasteiger partial charge is 0.756 e. The molecule has 0 amide bonds. The molecule has 2 N–H and O–H groups in total. The van der Waals surface area contributed by atoms with E-state index in [1.54, 1.807) is 0 Å². The first-order valence-electron chi connectivity index (χ1n) is 20.9. The van der Waals surface area contributed by atoms with Crippen LogP contribution < -0.4 is 4.89 Å². The first-order valence-corrected chi connectivity index (χ1v) is 22.4. The molecule has 0 saturated carbocycles. The van der Waals surface area contributed by atoms with E-state index in [1.807, 2.05) is 21.1 Å². The third-order valence-electron chi connectivity index (χ3n) is 9.46. The van der Waals surface area contributed by atoms with Crippen LogP contribution in [0.5, 0.6) is 0 Å². The summed E-state index contributed by atoms with van der Waals surface area (Å²) in [6.45, 7) is 1.75. The Kier molecular flexibility index (Phi) is 36.3. The Bertz CT molecular complexity index is 707. The molecule has 0 aliphatic heterocycles. The van der Waals surface area contributed by atoms with E-state index in [2.05, 4.69) is 0 Å². The van der Waals surface area contributed by atoms with Gasteiger partial charge in [0, 0.05) is 6.61 Å². The fourth-order valence-corrected chi connectivity index (χ4v) is 6.90. The van der Waals surface area contributed by atoms with E-state index in [-0.39, 0.29) is 26.4 Å². The normalized spacial score (nSPS) is 14.0. The molecule has 0 aliphatic rings. The number of ether oxygens (including phenoxy) is 1. The molecule has 0 rings (SSSR count). The van der Waals surface area contributed by atoms with Gasteiger partial charge in [-0.05, 0) is 12.8 Å². The Morgan fingerprint density at radius 3 is 1.04 bits per heavy atom. The van der Waals surface area contributed by atoms with Gasteiger partial charge in [-0.1, -0.05) is 180 Å². The van der Waals surface area contributed by atoms with Crippen LogP contribution in [0.4, 0.5) is 0 Å². The minimum Gasteiger partial charge on any atom is -0.756 e. The van der Waals surface area contributed by atoms with Gasteiger partial charge in [-0.2, -0.15) is 0 Å². The van der Waals surface area contributed by atoms with Gasteiger partial charge in [-0.3, -0.25) is 4.57 Å². The van der Waals surface area contributed by atoms with E-state index in [4.69, 9.17) is 18.9 Å². The smallest absolute Gasteiger partial charge is 0.268 e. The Morgan fingerprint density at radius 1 is 0.490 bits per heavy atom. The molecule has 0 aliphatic carbocycles. The minimum absolute atomic E-state index is 0.164. The number of likely N-dealkylation sites (N-methyl/N-ethyl adjacent to an activating group) is 1. The molecule has 0 bridgehead atoms. The van der Waals surface area contributed by atoms with Crippen molar-refractivity contribution in [1.29, 1.82) is 0 Å². The Morgan fingerprint density at radius 2 is 0.755 bits per heavy atom. The molecule has 296 valence electrons. The van der Waals surface area contributed by atoms with Crippen LogP contribution in [-0.4, -0.2) is 81.5 Å². The molecule has 0 saturated heterocycles. The monoisotopic (exact) mass is 722 g/mol. The summed E-state index contributed by atoms with van der Waals surface area (Å²) in [4.78, 5) is 11.8. The number of unbranched alkanes of at least 4 members (excludes halogenated alkanes) is 29. The first kappa shape index (κ1) is 49.0. The maximum Gasteiger partial charge on any atom is 0.268 e. The van der Waals surface area contributed by atoms with Crippen LogP contribution in [0.1, 0.15) is 193 Å². The zero-order chi connectivity index (χ0) is 36.2. The van der Waals surface area contributed by atoms with Crippen molar-refractivity contribution in [3.05, 3.63) is 0 Å². The molecule has 2 atom stereocenters. The zero-order valence-corrected chi connectivity index (χ0v) is 33.8. The lowest BCUT2D eigenvalue weighted by Gasteiger charge is -2.27. The molecule has 1 unspecified atom stereocenters. The molecule has 0 spiro atoms. The highest BCUT2D eigenvalue weighted by atomic mass is 31.2. The summed E-state index contributed by atoms with van der Waals surface area (Å²) in [5, 5.41) is 18.0. The number of aliphatic hydroxyl groups excluding tert-OH is 2. The third kappa shape index (κ3) is 42.3. The van der Waals surface area contributed by atoms with Gasteiger partial charge in [-0.15, -0.1) is 0 Å². The van der Waals surface area contributed by atoms with Crippen molar-refractivity contribution in [2.75, 3.05) is 60.7 Å². The summed E-state index contributed by atoms with van der Waals surface area (Å²) in [5.41, 5.74) is 0. The van der Waals surface area contributed by atoms with E-state index in [1.165, 1.54) is 167 Å². The second-order valence-corrected chi connectivity index (χ2v) is 17.1. The molecular formula is C40H84NO7P. The van der Waals surface area contributed by atoms with E-state index < -0.39 is 13.9 Å². The summed E-state index contributed by atoms with van der Waals surface area (Å²) >= 11 is 0. The highest BCUT2D eigenvalue weighted by Crippen LogP contribution is 2.38. The van der Waals surface area contributed by atoms with Gasteiger partial charge < -0.3 is 33.4 Å². The van der Waals surface area contributed by atoms with Crippen LogP contribution in [0.15, 0.2) is 0 Å². The number of phosphoric ester groups is 1. The molecule has 8 nitrogen and oxygen atoms in total. The van der Waals surface area contributed by atoms with E-state index in [9.17, 15) is 14.6 Å². The predicted molar refractivity (Wildman–Crippen MR) is 205 cm³/mol. The molecule has 0 radical (unpaired) electrons. The standard InChI is InChI=1S/C40H84NO7P/c1-41(2,3)34-37-48-49(44,45)47-36-33-31-29-27-25-23-21-19-17-15-13-11-9-7-5-4-6-8-10-12-14-16-18-20-22-24-26-28-30-32-35-46-39-40(43)38-42/h40,42-43H,4-39H2,1-3H3/t40-/m0/s1. The van der Waals surface area contributed by atoms with Crippen molar-refractivity contribution in [1.82, 2.24) is 0 Å². The maximum absolute atomic E-state index is 11.8. The van der Waals surface area contributed by atoms with Crippen molar-refractivity contribution < 1.29 is 37.9 Å². The number of quaternary nitrogens is 1. The number of rotatable bonds is 41. The van der Waals surface area contributed by atoms with Gasteiger partial charge >= 0.3 is 0 Å². The van der Waals surface area contributed by atoms with Crippen molar-refractivity contribution in [3.8, 4) is 0 Å². The lowest BCUT2D eigenvalue weighted by atomic mass is 10.0. The van der Waals surface area contributed by atoms with Gasteiger partial charge in [0.25, 0.3) is 7.82 Å². The number of nitrogens with zero attached hydrogens (tertiary/aromatic N) is 1. The van der Waals surface area contributed by atoms with Crippen LogP contribution in [0.2, 0.25) is 0 Å². The molecule has 9 heteroatoms. The number of hydrogen-bond donors (Lipinski definition) is 2. The molecule has 0 aromatic rings. The first-order chi connectivity index (χ1) is 23.7. The van der Waals surface area contributed by atoms with Crippen molar-refractivity contribution >= 4 is 7.82 Å². The highest BCUT2D eigenvalue weighted by molar-refractivity contribution is 7.45. The molecule has 0 aromatic carbocycles. The van der Waals surface area contributed by atoms with Gasteiger partial charge in [-0.25, -0.2) is 0 Å². The van der Waals surface area contributed by atoms with Crippen molar-refractivity contribution in [2.24, 2.45) is 0 Å². The van der Waals surface area contributed by atoms with Gasteiger partial charge in [0.1, 0.15) is 19.3 Å². The van der Waals surface area contributed by atoms with Gasteiger partial charge in [0.15, 0.2) is 0 Å². The van der Waals surface area contributed by atoms with Gasteiger partial charge in [0.2, 0.25) is 0 Å². The average Bonchev–Trinajstić information content (AvgIpc) is 3.05. The summed E-state index contributed by atoms with van der Waals surface area (Å²) in [5.74, 6) is 0. The fraction of sp³-hybridized carbons (Fsp3) is 1.00. The van der Waals surface area contributed by atoms with Crippen molar-refractivity contribution in [2.45, 2.75) is 199 Å². The van der Waals surface area contributed by atoms with E-state index in [0.29, 0.717) is 17.6 Å². The summed E-state index contributed by atoms with van der Waals surface area (Å²) in [6.07, 6.45) is 39.1. The molecule has 0 fully saturated rings. The third-order valence-corrected chi connectivity index (χ3v) is 10.5. The summed E-state index contributed by atoms with van der Waals surface area (Å²) < 4.78 is 27.7. The number of phosphoric acid groups is 1. The van der Waals surface area contributed by atoms with Crippen LogP contribution in [0, 0.1) is 0 Å². The molecular weight excluding hydrogens is 637 g/mol. The van der Waals surface area contributed by atoms with Crippen LogP contribution in [-0.2, 0) is 18.3 Å². The average molecular weight is 722 g/mol. The lowest BCUT2D eigenvalue weighted by molar-refractivity contribution is -0.870. The van der Waals surface area contributed by atoms with E-state index in [0.717, 1.165) is 25.7 Å². The maximum atomic E-state index is 11.8. The van der Waals surface area contributed by atoms with Crippen molar-refractivity contribution in [3.63, 3.8) is 0 Å². The Labute approximate surface area is 304 Å². The van der Waals surface area contributed by atoms with E-state index >= 15 is 0 Å². The van der Waals surface area contributed by atoms with Crippen LogP contribution in [0.3, 0.4) is 0 Å². The summed E-state index contributed by atoms with van der Waals surface area (Å²) in [6, 6.07) is 0. The SMILES string of the molecule is C[N+](C)(C)CCOP(=O)([O-])OCCCCCCCCCCCCCCCCCCCCCCCCCCCCCCCCOC[C@@H](O)CO. The van der Waals surface area contributed by atoms with Crippen LogP contribution in [0.25, 0.3) is 0 Å². The molecule has 0 aromatic heterocycles. The topological polar surface area (TPSA) is 108 Å². The lowest BCUT2D eigenvalue weighted by Crippen LogP contribution is -2.37. The number of aliphatic hydroxyl groups is 2. The summed E-state index contributed by atoms with van der Waals surface area (Å²) in [7, 11) is 1.85. The predicted octanol–water partition coefficient (Wildman–Crippen LogP) is 10.3. The second kappa shape index (κ2) is 36.3. The quantitative estimate of drug-likeness (QED) is 0.0367. The number of hydrogen-bond acceptors (Lipinski definition) is 7. The Balaban J connectivity index is 3.16. The second-order valence-electron chi connectivity index (χ2n) is 15.6. The highest BCUT2D eigenvalue weighted by Gasteiger charge is 2.13. The Hall–Kier alpha value is -0.0500. The van der Waals surface area contributed by atoms with Crippen LogP contribution >= 0.6 is 7.82 Å².